The van der Waals surface area contributed by atoms with E-state index in [9.17, 15) is 9.59 Å². The van der Waals surface area contributed by atoms with Crippen molar-refractivity contribution in [2.75, 3.05) is 5.01 Å². The van der Waals surface area contributed by atoms with Crippen LogP contribution in [0.25, 0.3) is 0 Å². The summed E-state index contributed by atoms with van der Waals surface area (Å²) in [5.74, 6) is -0.570. The van der Waals surface area contributed by atoms with Gasteiger partial charge in [0.1, 0.15) is 0 Å². The molecule has 0 radical (unpaired) electrons. The van der Waals surface area contributed by atoms with Crippen molar-refractivity contribution in [3.8, 4) is 0 Å². The molecule has 3 amide bonds. The van der Waals surface area contributed by atoms with E-state index in [4.69, 9.17) is 28.9 Å². The third kappa shape index (κ3) is 3.65. The van der Waals surface area contributed by atoms with Gasteiger partial charge in [-0.3, -0.25) is 10.2 Å². The van der Waals surface area contributed by atoms with Crippen LogP contribution in [0.1, 0.15) is 10.4 Å². The Labute approximate surface area is 131 Å². The molecule has 0 aliphatic rings. The molecule has 0 fully saturated rings. The Balaban J connectivity index is 2.25. The lowest BCUT2D eigenvalue weighted by molar-refractivity contribution is 0.0951. The second kappa shape index (κ2) is 6.47. The predicted octanol–water partition coefficient (Wildman–Crippen LogP) is 3.22. The zero-order valence-corrected chi connectivity index (χ0v) is 12.2. The van der Waals surface area contributed by atoms with E-state index in [2.05, 4.69) is 5.43 Å². The molecule has 108 valence electrons. The van der Waals surface area contributed by atoms with E-state index in [0.717, 1.165) is 5.01 Å². The number of amides is 3. The van der Waals surface area contributed by atoms with Gasteiger partial charge in [-0.2, -0.15) is 0 Å². The molecule has 0 heterocycles. The first-order valence-corrected chi connectivity index (χ1v) is 6.65. The number of rotatable bonds is 2. The molecule has 21 heavy (non-hydrogen) atoms. The van der Waals surface area contributed by atoms with Gasteiger partial charge in [-0.25, -0.2) is 9.80 Å². The second-order valence-corrected chi connectivity index (χ2v) is 4.92. The Morgan fingerprint density at radius 1 is 1.05 bits per heavy atom. The Morgan fingerprint density at radius 3 is 2.29 bits per heavy atom. The van der Waals surface area contributed by atoms with Gasteiger partial charge in [0, 0.05) is 5.02 Å². The molecule has 0 unspecified atom stereocenters. The van der Waals surface area contributed by atoms with Gasteiger partial charge >= 0.3 is 6.03 Å². The molecule has 0 saturated carbocycles. The SMILES string of the molecule is NC(=O)N(NC(=O)c1ccc(Cl)cc1Cl)c1ccccc1. The minimum absolute atomic E-state index is 0.178. The van der Waals surface area contributed by atoms with Crippen LogP contribution in [0.15, 0.2) is 48.5 Å². The molecular formula is C14H11Cl2N3O2. The first-order chi connectivity index (χ1) is 9.99. The van der Waals surface area contributed by atoms with E-state index in [1.54, 1.807) is 30.3 Å². The number of halogens is 2. The number of benzene rings is 2. The summed E-state index contributed by atoms with van der Waals surface area (Å²) in [6.45, 7) is 0. The molecule has 0 bridgehead atoms. The average molecular weight is 324 g/mol. The largest absolute Gasteiger partial charge is 0.350 e. The highest BCUT2D eigenvalue weighted by atomic mass is 35.5. The van der Waals surface area contributed by atoms with Crippen LogP contribution in [0, 0.1) is 0 Å². The predicted molar refractivity (Wildman–Crippen MR) is 82.4 cm³/mol. The Morgan fingerprint density at radius 2 is 1.71 bits per heavy atom. The van der Waals surface area contributed by atoms with Gasteiger partial charge in [0.15, 0.2) is 0 Å². The van der Waals surface area contributed by atoms with Crippen molar-refractivity contribution in [3.63, 3.8) is 0 Å². The number of hydrogen-bond donors (Lipinski definition) is 2. The number of nitrogens with two attached hydrogens (primary N) is 1. The summed E-state index contributed by atoms with van der Waals surface area (Å²) >= 11 is 11.7. The topological polar surface area (TPSA) is 75.4 Å². The minimum Gasteiger partial charge on any atom is -0.350 e. The first kappa shape index (κ1) is 15.2. The standard InChI is InChI=1S/C14H11Cl2N3O2/c15-9-6-7-11(12(16)8-9)13(20)18-19(14(17)21)10-4-2-1-3-5-10/h1-8H,(H2,17,21)(H,18,20). The summed E-state index contributed by atoms with van der Waals surface area (Å²) < 4.78 is 0. The van der Waals surface area contributed by atoms with Crippen molar-refractivity contribution >= 4 is 40.8 Å². The number of primary amides is 1. The molecule has 0 aliphatic heterocycles. The Kier molecular flexibility index (Phi) is 4.67. The number of urea groups is 1. The third-order valence-electron chi connectivity index (χ3n) is 2.62. The lowest BCUT2D eigenvalue weighted by atomic mass is 10.2. The van der Waals surface area contributed by atoms with Crippen LogP contribution in [-0.4, -0.2) is 11.9 Å². The van der Waals surface area contributed by atoms with Gasteiger partial charge in [0.2, 0.25) is 0 Å². The van der Waals surface area contributed by atoms with Crippen LogP contribution < -0.4 is 16.2 Å². The number of carbonyl (C=O) groups excluding carboxylic acids is 2. The molecule has 2 rings (SSSR count). The highest BCUT2D eigenvalue weighted by Crippen LogP contribution is 2.21. The van der Waals surface area contributed by atoms with Gasteiger partial charge in [-0.05, 0) is 30.3 Å². The third-order valence-corrected chi connectivity index (χ3v) is 3.17. The fourth-order valence-corrected chi connectivity index (χ4v) is 2.15. The van der Waals surface area contributed by atoms with Crippen LogP contribution >= 0.6 is 23.2 Å². The zero-order chi connectivity index (χ0) is 15.4. The normalized spacial score (nSPS) is 10.0. The summed E-state index contributed by atoms with van der Waals surface area (Å²) in [7, 11) is 0. The minimum atomic E-state index is -0.820. The number of anilines is 1. The maximum absolute atomic E-state index is 12.2. The molecule has 0 saturated heterocycles. The fourth-order valence-electron chi connectivity index (χ4n) is 1.66. The molecule has 2 aromatic rings. The Bertz CT molecular complexity index is 677. The van der Waals surface area contributed by atoms with Gasteiger partial charge in [-0.15, -0.1) is 0 Å². The van der Waals surface area contributed by atoms with E-state index >= 15 is 0 Å². The monoisotopic (exact) mass is 323 g/mol. The van der Waals surface area contributed by atoms with Crippen LogP contribution in [0.5, 0.6) is 0 Å². The molecule has 3 N–H and O–H groups in total. The first-order valence-electron chi connectivity index (χ1n) is 5.89. The van der Waals surface area contributed by atoms with Gasteiger partial charge < -0.3 is 5.73 Å². The zero-order valence-electron chi connectivity index (χ0n) is 10.7. The van der Waals surface area contributed by atoms with Crippen LogP contribution in [0.2, 0.25) is 10.0 Å². The molecule has 0 aromatic heterocycles. The lowest BCUT2D eigenvalue weighted by Gasteiger charge is -2.21. The lowest BCUT2D eigenvalue weighted by Crippen LogP contribution is -2.49. The van der Waals surface area contributed by atoms with E-state index in [-0.39, 0.29) is 10.6 Å². The fraction of sp³-hybridized carbons (Fsp3) is 0. The number of hydrazine groups is 1. The number of para-hydroxylation sites is 1. The summed E-state index contributed by atoms with van der Waals surface area (Å²) in [6, 6.07) is 12.1. The van der Waals surface area contributed by atoms with Gasteiger partial charge in [0.05, 0.1) is 16.3 Å². The van der Waals surface area contributed by atoms with E-state index in [0.29, 0.717) is 10.7 Å². The number of carbonyl (C=O) groups is 2. The van der Waals surface area contributed by atoms with Crippen LogP contribution in [0.3, 0.4) is 0 Å². The molecule has 0 spiro atoms. The average Bonchev–Trinajstić information content (AvgIpc) is 2.45. The van der Waals surface area contributed by atoms with Crippen molar-refractivity contribution in [2.24, 2.45) is 5.73 Å². The number of hydrogen-bond acceptors (Lipinski definition) is 2. The van der Waals surface area contributed by atoms with E-state index in [1.165, 1.54) is 18.2 Å². The second-order valence-electron chi connectivity index (χ2n) is 4.07. The van der Waals surface area contributed by atoms with Crippen molar-refractivity contribution < 1.29 is 9.59 Å². The molecular weight excluding hydrogens is 313 g/mol. The van der Waals surface area contributed by atoms with Crippen molar-refractivity contribution in [3.05, 3.63) is 64.1 Å². The molecule has 2 aromatic carbocycles. The van der Waals surface area contributed by atoms with E-state index in [1.807, 2.05) is 0 Å². The van der Waals surface area contributed by atoms with Gasteiger partial charge in [-0.1, -0.05) is 41.4 Å². The van der Waals surface area contributed by atoms with Gasteiger partial charge in [0.25, 0.3) is 5.91 Å². The molecule has 0 aliphatic carbocycles. The maximum Gasteiger partial charge on any atom is 0.338 e. The summed E-state index contributed by atoms with van der Waals surface area (Å²) in [6.07, 6.45) is 0. The van der Waals surface area contributed by atoms with Crippen LogP contribution in [0.4, 0.5) is 10.5 Å². The molecule has 0 atom stereocenters. The Hall–Kier alpha value is -2.24. The highest BCUT2D eigenvalue weighted by molar-refractivity contribution is 6.36. The number of nitrogens with zero attached hydrogens (tertiary/aromatic N) is 1. The summed E-state index contributed by atoms with van der Waals surface area (Å²) in [5.41, 5.74) is 8.29. The smallest absolute Gasteiger partial charge is 0.338 e. The van der Waals surface area contributed by atoms with Crippen molar-refractivity contribution in [1.82, 2.24) is 5.43 Å². The van der Waals surface area contributed by atoms with Crippen molar-refractivity contribution in [1.29, 1.82) is 0 Å². The number of nitrogens with one attached hydrogen (secondary N) is 1. The van der Waals surface area contributed by atoms with E-state index < -0.39 is 11.9 Å². The molecule has 7 heteroatoms. The summed E-state index contributed by atoms with van der Waals surface area (Å²) in [4.78, 5) is 23.7. The maximum atomic E-state index is 12.2. The molecule has 5 nitrogen and oxygen atoms in total. The van der Waals surface area contributed by atoms with Crippen LogP contribution in [-0.2, 0) is 0 Å². The summed E-state index contributed by atoms with van der Waals surface area (Å²) in [5, 5.41) is 1.52. The van der Waals surface area contributed by atoms with Crippen molar-refractivity contribution in [2.45, 2.75) is 0 Å². The quantitative estimate of drug-likeness (QED) is 0.832. The highest BCUT2D eigenvalue weighted by Gasteiger charge is 2.18.